The van der Waals surface area contributed by atoms with Crippen LogP contribution in [0, 0.1) is 6.92 Å². The number of alkyl halides is 3. The second-order valence-corrected chi connectivity index (χ2v) is 3.95. The zero-order valence-electron chi connectivity index (χ0n) is 10.3. The minimum Gasteiger partial charge on any atom is -0.306 e. The first-order valence-corrected chi connectivity index (χ1v) is 5.71. The monoisotopic (exact) mass is 249 g/mol. The predicted molar refractivity (Wildman–Crippen MR) is 59.9 cm³/mol. The van der Waals surface area contributed by atoms with E-state index in [1.807, 2.05) is 6.92 Å². The Balaban J connectivity index is 2.85. The minimum absolute atomic E-state index is 0.0774. The molecular formula is C11H18F3N3. The fraction of sp³-hybridized carbons (Fsp3) is 0.727. The Kier molecular flexibility index (Phi) is 4.56. The molecule has 1 atom stereocenters. The zero-order chi connectivity index (χ0) is 13.1. The molecule has 0 radical (unpaired) electrons. The number of likely N-dealkylation sites (N-methyl/N-ethyl adjacent to an activating group) is 1. The number of rotatable bonds is 5. The average molecular weight is 249 g/mol. The molecule has 0 aliphatic rings. The molecule has 0 spiro atoms. The minimum atomic E-state index is -4.23. The van der Waals surface area contributed by atoms with Crippen molar-refractivity contribution >= 4 is 0 Å². The second-order valence-electron chi connectivity index (χ2n) is 3.95. The Hall–Kier alpha value is -1.04. The van der Waals surface area contributed by atoms with E-state index in [2.05, 4.69) is 10.4 Å². The smallest absolute Gasteiger partial charge is 0.306 e. The van der Waals surface area contributed by atoms with Gasteiger partial charge in [-0.15, -0.1) is 0 Å². The number of aryl methyl sites for hydroxylation is 2. The van der Waals surface area contributed by atoms with Crippen molar-refractivity contribution < 1.29 is 13.2 Å². The van der Waals surface area contributed by atoms with Crippen LogP contribution in [0.3, 0.4) is 0 Å². The molecule has 0 fully saturated rings. The van der Waals surface area contributed by atoms with Gasteiger partial charge in [0.15, 0.2) is 0 Å². The van der Waals surface area contributed by atoms with Gasteiger partial charge in [0.05, 0.1) is 5.69 Å². The van der Waals surface area contributed by atoms with Gasteiger partial charge in [-0.1, -0.05) is 6.92 Å². The SMILES string of the molecule is CCNC(Cc1cc(C)nn1CC)C(F)(F)F. The van der Waals surface area contributed by atoms with E-state index in [1.165, 1.54) is 0 Å². The summed E-state index contributed by atoms with van der Waals surface area (Å²) < 4.78 is 39.8. The van der Waals surface area contributed by atoms with Crippen LogP contribution in [0.5, 0.6) is 0 Å². The molecule has 1 unspecified atom stereocenters. The molecule has 98 valence electrons. The third-order valence-electron chi connectivity index (χ3n) is 2.54. The van der Waals surface area contributed by atoms with E-state index in [1.54, 1.807) is 24.6 Å². The summed E-state index contributed by atoms with van der Waals surface area (Å²) in [5.41, 5.74) is 1.37. The summed E-state index contributed by atoms with van der Waals surface area (Å²) in [7, 11) is 0. The van der Waals surface area contributed by atoms with Crippen LogP contribution in [0.2, 0.25) is 0 Å². The van der Waals surface area contributed by atoms with Gasteiger partial charge >= 0.3 is 6.18 Å². The Morgan fingerprint density at radius 2 is 2.06 bits per heavy atom. The topological polar surface area (TPSA) is 29.9 Å². The van der Waals surface area contributed by atoms with E-state index in [4.69, 9.17) is 0 Å². The highest BCUT2D eigenvalue weighted by atomic mass is 19.4. The van der Waals surface area contributed by atoms with Crippen LogP contribution >= 0.6 is 0 Å². The van der Waals surface area contributed by atoms with Crippen LogP contribution in [0.25, 0.3) is 0 Å². The molecule has 0 aliphatic carbocycles. The molecule has 0 amide bonds. The summed E-state index contributed by atoms with van der Waals surface area (Å²) in [5.74, 6) is 0. The Labute approximate surface area is 99.0 Å². The van der Waals surface area contributed by atoms with E-state index in [0.29, 0.717) is 18.8 Å². The van der Waals surface area contributed by atoms with Crippen LogP contribution in [0.15, 0.2) is 6.07 Å². The Morgan fingerprint density at radius 3 is 2.53 bits per heavy atom. The van der Waals surface area contributed by atoms with Gasteiger partial charge in [0, 0.05) is 18.7 Å². The van der Waals surface area contributed by atoms with Gasteiger partial charge < -0.3 is 5.32 Å². The second kappa shape index (κ2) is 5.53. The normalized spacial score (nSPS) is 14.0. The maximum absolute atomic E-state index is 12.7. The first-order valence-electron chi connectivity index (χ1n) is 5.71. The van der Waals surface area contributed by atoms with Crippen LogP contribution in [-0.2, 0) is 13.0 Å². The van der Waals surface area contributed by atoms with E-state index < -0.39 is 12.2 Å². The third kappa shape index (κ3) is 3.73. The molecule has 1 heterocycles. The van der Waals surface area contributed by atoms with Gasteiger partial charge in [-0.25, -0.2) is 0 Å². The standard InChI is InChI=1S/C11H18F3N3/c1-4-15-10(11(12,13)14)7-9-6-8(3)16-17(9)5-2/h6,10,15H,4-5,7H2,1-3H3. The van der Waals surface area contributed by atoms with Crippen molar-refractivity contribution in [2.75, 3.05) is 6.54 Å². The van der Waals surface area contributed by atoms with Crippen LogP contribution in [0.4, 0.5) is 13.2 Å². The first-order chi connectivity index (χ1) is 7.88. The van der Waals surface area contributed by atoms with Crippen molar-refractivity contribution in [3.8, 4) is 0 Å². The number of aromatic nitrogens is 2. The van der Waals surface area contributed by atoms with E-state index in [9.17, 15) is 13.2 Å². The highest BCUT2D eigenvalue weighted by Crippen LogP contribution is 2.23. The van der Waals surface area contributed by atoms with Crippen LogP contribution in [-0.4, -0.2) is 28.5 Å². The molecule has 0 saturated carbocycles. The molecule has 0 aromatic carbocycles. The molecule has 17 heavy (non-hydrogen) atoms. The molecule has 1 aromatic rings. The van der Waals surface area contributed by atoms with Gasteiger partial charge in [0.25, 0.3) is 0 Å². The van der Waals surface area contributed by atoms with E-state index >= 15 is 0 Å². The Bertz CT molecular complexity index is 357. The first kappa shape index (κ1) is 14.0. The van der Waals surface area contributed by atoms with Gasteiger partial charge in [0.2, 0.25) is 0 Å². The van der Waals surface area contributed by atoms with Crippen molar-refractivity contribution in [2.45, 2.75) is 46.0 Å². The molecule has 0 aliphatic heterocycles. The Morgan fingerprint density at radius 1 is 1.41 bits per heavy atom. The third-order valence-corrected chi connectivity index (χ3v) is 2.54. The van der Waals surface area contributed by atoms with E-state index in [-0.39, 0.29) is 6.42 Å². The molecular weight excluding hydrogens is 231 g/mol. The predicted octanol–water partition coefficient (Wildman–Crippen LogP) is 2.29. The van der Waals surface area contributed by atoms with Crippen molar-refractivity contribution in [3.05, 3.63) is 17.5 Å². The fourth-order valence-corrected chi connectivity index (χ4v) is 1.80. The molecule has 1 N–H and O–H groups in total. The average Bonchev–Trinajstić information content (AvgIpc) is 2.57. The van der Waals surface area contributed by atoms with Crippen molar-refractivity contribution in [1.29, 1.82) is 0 Å². The summed E-state index contributed by atoms with van der Waals surface area (Å²) in [6.07, 6.45) is -4.31. The summed E-state index contributed by atoms with van der Waals surface area (Å²) in [4.78, 5) is 0. The van der Waals surface area contributed by atoms with Gasteiger partial charge in [-0.05, 0) is 26.5 Å². The number of hydrogen-bond acceptors (Lipinski definition) is 2. The number of nitrogens with zero attached hydrogens (tertiary/aromatic N) is 2. The van der Waals surface area contributed by atoms with Crippen molar-refractivity contribution in [3.63, 3.8) is 0 Å². The van der Waals surface area contributed by atoms with Crippen molar-refractivity contribution in [1.82, 2.24) is 15.1 Å². The molecule has 1 rings (SSSR count). The van der Waals surface area contributed by atoms with Gasteiger partial charge in [0.1, 0.15) is 6.04 Å². The summed E-state index contributed by atoms with van der Waals surface area (Å²) in [6.45, 7) is 6.20. The highest BCUT2D eigenvalue weighted by molar-refractivity contribution is 5.11. The van der Waals surface area contributed by atoms with Crippen LogP contribution < -0.4 is 5.32 Å². The highest BCUT2D eigenvalue weighted by Gasteiger charge is 2.39. The van der Waals surface area contributed by atoms with Crippen LogP contribution in [0.1, 0.15) is 25.2 Å². The summed E-state index contributed by atoms with van der Waals surface area (Å²) >= 11 is 0. The lowest BCUT2D eigenvalue weighted by atomic mass is 10.1. The lowest BCUT2D eigenvalue weighted by Crippen LogP contribution is -2.44. The molecule has 1 aromatic heterocycles. The lowest BCUT2D eigenvalue weighted by Gasteiger charge is -2.21. The number of hydrogen-bond donors (Lipinski definition) is 1. The molecule has 6 heteroatoms. The van der Waals surface area contributed by atoms with Gasteiger partial charge in [-0.3, -0.25) is 4.68 Å². The molecule has 3 nitrogen and oxygen atoms in total. The largest absolute Gasteiger partial charge is 0.404 e. The molecule has 0 saturated heterocycles. The lowest BCUT2D eigenvalue weighted by molar-refractivity contribution is -0.155. The molecule has 0 bridgehead atoms. The number of nitrogens with one attached hydrogen (secondary N) is 1. The zero-order valence-corrected chi connectivity index (χ0v) is 10.3. The summed E-state index contributed by atoms with van der Waals surface area (Å²) in [5, 5.41) is 6.61. The van der Waals surface area contributed by atoms with Gasteiger partial charge in [-0.2, -0.15) is 18.3 Å². The maximum Gasteiger partial charge on any atom is 0.404 e. The van der Waals surface area contributed by atoms with Crippen molar-refractivity contribution in [2.24, 2.45) is 0 Å². The quantitative estimate of drug-likeness (QED) is 0.867. The maximum atomic E-state index is 12.7. The fourth-order valence-electron chi connectivity index (χ4n) is 1.80. The van der Waals surface area contributed by atoms with E-state index in [0.717, 1.165) is 5.69 Å². The summed E-state index contributed by atoms with van der Waals surface area (Å²) in [6, 6.07) is 0.202. The number of halogens is 3.